The summed E-state index contributed by atoms with van der Waals surface area (Å²) in [4.78, 5) is 23.1. The molecule has 1 aromatic carbocycles. The first-order valence-corrected chi connectivity index (χ1v) is 9.02. The van der Waals surface area contributed by atoms with Crippen LogP contribution in [0.4, 0.5) is 11.4 Å². The Hall–Kier alpha value is -2.56. The zero-order valence-corrected chi connectivity index (χ0v) is 15.1. The summed E-state index contributed by atoms with van der Waals surface area (Å²) in [5.74, 6) is 0.0737. The van der Waals surface area contributed by atoms with E-state index in [-0.39, 0.29) is 5.91 Å². The van der Waals surface area contributed by atoms with Crippen molar-refractivity contribution in [2.75, 3.05) is 49.1 Å². The molecule has 0 atom stereocenters. The van der Waals surface area contributed by atoms with Crippen molar-refractivity contribution in [3.05, 3.63) is 54.4 Å². The highest BCUT2D eigenvalue weighted by Crippen LogP contribution is 2.22. The lowest BCUT2D eigenvalue weighted by Gasteiger charge is -2.36. The van der Waals surface area contributed by atoms with Gasteiger partial charge in [-0.25, -0.2) is 0 Å². The number of rotatable bonds is 5. The topological polar surface area (TPSA) is 39.7 Å². The number of anilines is 2. The smallest absolute Gasteiger partial charge is 0.255 e. The van der Waals surface area contributed by atoms with Crippen LogP contribution in [0.3, 0.4) is 0 Å². The molecule has 1 saturated heterocycles. The second-order valence-corrected chi connectivity index (χ2v) is 6.21. The van der Waals surface area contributed by atoms with Gasteiger partial charge in [-0.15, -0.1) is 0 Å². The van der Waals surface area contributed by atoms with E-state index in [0.717, 1.165) is 39.3 Å². The van der Waals surface area contributed by atoms with Crippen LogP contribution in [0.5, 0.6) is 0 Å². The number of amides is 1. The Kier molecular flexibility index (Phi) is 5.53. The lowest BCUT2D eigenvalue weighted by atomic mass is 10.2. The minimum absolute atomic E-state index is 0.0737. The van der Waals surface area contributed by atoms with Crippen LogP contribution in [-0.4, -0.2) is 55.1 Å². The van der Waals surface area contributed by atoms with Crippen LogP contribution in [-0.2, 0) is 0 Å². The van der Waals surface area contributed by atoms with Gasteiger partial charge in [-0.2, -0.15) is 0 Å². The molecule has 0 N–H and O–H groups in total. The van der Waals surface area contributed by atoms with E-state index in [1.54, 1.807) is 18.5 Å². The largest absolute Gasteiger partial charge is 0.372 e. The third kappa shape index (κ3) is 3.92. The molecule has 132 valence electrons. The van der Waals surface area contributed by atoms with Crippen molar-refractivity contribution in [3.63, 3.8) is 0 Å². The number of hydrogen-bond donors (Lipinski definition) is 0. The zero-order chi connectivity index (χ0) is 17.6. The fourth-order valence-electron chi connectivity index (χ4n) is 3.30. The molecule has 0 aliphatic carbocycles. The monoisotopic (exact) mass is 338 g/mol. The Morgan fingerprint density at radius 2 is 1.72 bits per heavy atom. The van der Waals surface area contributed by atoms with E-state index in [4.69, 9.17) is 0 Å². The minimum atomic E-state index is 0.0737. The van der Waals surface area contributed by atoms with Crippen LogP contribution in [0.1, 0.15) is 24.2 Å². The number of carbonyl (C=O) groups is 1. The second-order valence-electron chi connectivity index (χ2n) is 6.21. The first-order valence-electron chi connectivity index (χ1n) is 9.02. The fourth-order valence-corrected chi connectivity index (χ4v) is 3.30. The van der Waals surface area contributed by atoms with Crippen LogP contribution >= 0.6 is 0 Å². The summed E-state index contributed by atoms with van der Waals surface area (Å²) in [7, 11) is 0. The van der Waals surface area contributed by atoms with Gasteiger partial charge in [0, 0.05) is 63.0 Å². The summed E-state index contributed by atoms with van der Waals surface area (Å²) in [5.41, 5.74) is 3.16. The van der Waals surface area contributed by atoms with Crippen LogP contribution in [0, 0.1) is 0 Å². The highest BCUT2D eigenvalue weighted by molar-refractivity contribution is 5.94. The van der Waals surface area contributed by atoms with Gasteiger partial charge >= 0.3 is 0 Å². The summed E-state index contributed by atoms with van der Waals surface area (Å²) in [5, 5.41) is 0. The highest BCUT2D eigenvalue weighted by atomic mass is 16.2. The SMILES string of the molecule is CCN(CC)c1ccc(N2CCN(C(=O)c3cccnc3)CC2)cc1. The molecule has 5 nitrogen and oxygen atoms in total. The van der Waals surface area contributed by atoms with Crippen molar-refractivity contribution in [2.45, 2.75) is 13.8 Å². The van der Waals surface area contributed by atoms with E-state index >= 15 is 0 Å². The van der Waals surface area contributed by atoms with Crippen LogP contribution in [0.2, 0.25) is 0 Å². The maximum atomic E-state index is 12.5. The quantitative estimate of drug-likeness (QED) is 0.840. The second kappa shape index (κ2) is 8.01. The lowest BCUT2D eigenvalue weighted by molar-refractivity contribution is 0.0746. The van der Waals surface area contributed by atoms with Gasteiger partial charge in [0.15, 0.2) is 0 Å². The molecule has 2 aromatic rings. The molecule has 0 saturated carbocycles. The van der Waals surface area contributed by atoms with Crippen LogP contribution in [0.25, 0.3) is 0 Å². The standard InChI is InChI=1S/C20H26N4O/c1-3-22(4-2)18-7-9-19(10-8-18)23-12-14-24(15-13-23)20(25)17-6-5-11-21-16-17/h5-11,16H,3-4,12-15H2,1-2H3. The van der Waals surface area contributed by atoms with Gasteiger partial charge in [0.25, 0.3) is 5.91 Å². The van der Waals surface area contributed by atoms with Crippen molar-refractivity contribution in [2.24, 2.45) is 0 Å². The Balaban J connectivity index is 1.60. The predicted octanol–water partition coefficient (Wildman–Crippen LogP) is 2.89. The molecule has 3 rings (SSSR count). The van der Waals surface area contributed by atoms with E-state index in [0.29, 0.717) is 5.56 Å². The van der Waals surface area contributed by atoms with Crippen LogP contribution < -0.4 is 9.80 Å². The maximum Gasteiger partial charge on any atom is 0.255 e. The summed E-state index contributed by atoms with van der Waals surface area (Å²) >= 11 is 0. The van der Waals surface area contributed by atoms with Gasteiger partial charge in [-0.3, -0.25) is 9.78 Å². The molecule has 25 heavy (non-hydrogen) atoms. The number of pyridine rings is 1. The Morgan fingerprint density at radius 3 is 2.28 bits per heavy atom. The van der Waals surface area contributed by atoms with Crippen molar-refractivity contribution < 1.29 is 4.79 Å². The van der Waals surface area contributed by atoms with Crippen molar-refractivity contribution in [3.8, 4) is 0 Å². The molecule has 2 heterocycles. The van der Waals surface area contributed by atoms with E-state index in [1.165, 1.54) is 11.4 Å². The third-order valence-corrected chi connectivity index (χ3v) is 4.82. The normalized spacial score (nSPS) is 14.5. The zero-order valence-electron chi connectivity index (χ0n) is 15.1. The Bertz CT molecular complexity index is 675. The average molecular weight is 338 g/mol. The molecule has 0 unspecified atom stereocenters. The molecule has 0 radical (unpaired) electrons. The number of nitrogens with zero attached hydrogens (tertiary/aromatic N) is 4. The molecule has 0 bridgehead atoms. The maximum absolute atomic E-state index is 12.5. The number of aromatic nitrogens is 1. The van der Waals surface area contributed by atoms with Gasteiger partial charge in [0.05, 0.1) is 5.56 Å². The lowest BCUT2D eigenvalue weighted by Crippen LogP contribution is -2.48. The van der Waals surface area contributed by atoms with E-state index < -0.39 is 0 Å². The van der Waals surface area contributed by atoms with Gasteiger partial charge in [-0.1, -0.05) is 0 Å². The summed E-state index contributed by atoms with van der Waals surface area (Å²) in [6.07, 6.45) is 3.33. The molecule has 1 aromatic heterocycles. The molecular weight excluding hydrogens is 312 g/mol. The predicted molar refractivity (Wildman–Crippen MR) is 102 cm³/mol. The molecule has 5 heteroatoms. The molecule has 1 aliphatic heterocycles. The van der Waals surface area contributed by atoms with Gasteiger partial charge in [0.2, 0.25) is 0 Å². The van der Waals surface area contributed by atoms with Gasteiger partial charge in [0.1, 0.15) is 0 Å². The first-order chi connectivity index (χ1) is 12.2. The summed E-state index contributed by atoms with van der Waals surface area (Å²) < 4.78 is 0. The average Bonchev–Trinajstić information content (AvgIpc) is 2.70. The Morgan fingerprint density at radius 1 is 1.04 bits per heavy atom. The number of hydrogen-bond acceptors (Lipinski definition) is 4. The molecule has 1 aliphatic rings. The van der Waals surface area contributed by atoms with E-state index in [2.05, 4.69) is 52.9 Å². The van der Waals surface area contributed by atoms with Crippen molar-refractivity contribution >= 4 is 17.3 Å². The molecule has 0 spiro atoms. The third-order valence-electron chi connectivity index (χ3n) is 4.82. The fraction of sp³-hybridized carbons (Fsp3) is 0.400. The molecule has 1 fully saturated rings. The van der Waals surface area contributed by atoms with Gasteiger partial charge < -0.3 is 14.7 Å². The summed E-state index contributed by atoms with van der Waals surface area (Å²) in [6.45, 7) is 9.59. The Labute approximate surface area is 149 Å². The number of piperazine rings is 1. The van der Waals surface area contributed by atoms with Crippen LogP contribution in [0.15, 0.2) is 48.8 Å². The van der Waals surface area contributed by atoms with Gasteiger partial charge in [-0.05, 0) is 50.2 Å². The van der Waals surface area contributed by atoms with E-state index in [1.807, 2.05) is 11.0 Å². The van der Waals surface area contributed by atoms with Crippen molar-refractivity contribution in [1.29, 1.82) is 0 Å². The first kappa shape index (κ1) is 17.3. The highest BCUT2D eigenvalue weighted by Gasteiger charge is 2.22. The van der Waals surface area contributed by atoms with E-state index in [9.17, 15) is 4.79 Å². The van der Waals surface area contributed by atoms with Crippen molar-refractivity contribution in [1.82, 2.24) is 9.88 Å². The number of carbonyl (C=O) groups excluding carboxylic acids is 1. The minimum Gasteiger partial charge on any atom is -0.372 e. The summed E-state index contributed by atoms with van der Waals surface area (Å²) in [6, 6.07) is 12.4. The number of benzene rings is 1. The molecular formula is C20H26N4O. The molecule has 1 amide bonds.